The third kappa shape index (κ3) is 3.05. The molecule has 3 rings (SSSR count). The summed E-state index contributed by atoms with van der Waals surface area (Å²) < 4.78 is 26.8. The molecule has 2 aromatic rings. The summed E-state index contributed by atoms with van der Waals surface area (Å²) in [5.41, 5.74) is 0.557. The maximum atomic E-state index is 12.5. The van der Waals surface area contributed by atoms with Crippen LogP contribution in [0.4, 0.5) is 0 Å². The zero-order valence-electron chi connectivity index (χ0n) is 11.4. The van der Waals surface area contributed by atoms with Crippen LogP contribution in [0.5, 0.6) is 0 Å². The second-order valence-corrected chi connectivity index (χ2v) is 9.25. The van der Waals surface area contributed by atoms with Crippen LogP contribution in [0.25, 0.3) is 0 Å². The smallest absolute Gasteiger partial charge is 0.181 e. The molecule has 0 bridgehead atoms. The highest BCUT2D eigenvalue weighted by Crippen LogP contribution is 2.42. The number of sulfone groups is 1. The average molecular weight is 444 g/mol. The number of hydrogen-bond acceptors (Lipinski definition) is 3. The lowest BCUT2D eigenvalue weighted by atomic mass is 10.1. The van der Waals surface area contributed by atoms with Gasteiger partial charge in [0.2, 0.25) is 0 Å². The molecule has 0 amide bonds. The molecule has 0 radical (unpaired) electrons. The molecular weight excluding hydrogens is 432 g/mol. The Morgan fingerprint density at radius 3 is 1.95 bits per heavy atom. The van der Waals surface area contributed by atoms with Crippen LogP contribution in [0.2, 0.25) is 0 Å². The summed E-state index contributed by atoms with van der Waals surface area (Å²) in [6, 6.07) is 13.5. The molecule has 0 saturated heterocycles. The van der Waals surface area contributed by atoms with E-state index in [2.05, 4.69) is 31.9 Å². The fraction of sp³-hybridized carbons (Fsp3) is 0.188. The minimum atomic E-state index is -3.44. The third-order valence-electron chi connectivity index (χ3n) is 3.74. The van der Waals surface area contributed by atoms with Crippen molar-refractivity contribution in [3.8, 4) is 0 Å². The highest BCUT2D eigenvalue weighted by molar-refractivity contribution is 9.10. The fourth-order valence-corrected chi connectivity index (χ4v) is 4.83. The van der Waals surface area contributed by atoms with Crippen molar-refractivity contribution in [3.05, 3.63) is 63.0 Å². The lowest BCUT2D eigenvalue weighted by molar-refractivity contribution is 0.0968. The van der Waals surface area contributed by atoms with Gasteiger partial charge in [-0.1, -0.05) is 44.0 Å². The molecule has 1 fully saturated rings. The summed E-state index contributed by atoms with van der Waals surface area (Å²) in [7, 11) is -3.44. The van der Waals surface area contributed by atoms with Crippen molar-refractivity contribution in [1.82, 2.24) is 0 Å². The Kier molecular flexibility index (Phi) is 4.27. The van der Waals surface area contributed by atoms with Gasteiger partial charge in [-0.15, -0.1) is 0 Å². The molecule has 0 unspecified atom stereocenters. The Balaban J connectivity index is 1.80. The first kappa shape index (κ1) is 15.9. The molecule has 6 heteroatoms. The predicted molar refractivity (Wildman–Crippen MR) is 91.7 cm³/mol. The fourth-order valence-electron chi connectivity index (χ4n) is 2.42. The molecule has 3 nitrogen and oxygen atoms in total. The van der Waals surface area contributed by atoms with Crippen LogP contribution < -0.4 is 0 Å². The molecule has 22 heavy (non-hydrogen) atoms. The van der Waals surface area contributed by atoms with E-state index in [0.717, 1.165) is 8.95 Å². The Morgan fingerprint density at radius 2 is 1.41 bits per heavy atom. The molecule has 2 atom stereocenters. The van der Waals surface area contributed by atoms with Gasteiger partial charge in [-0.3, -0.25) is 4.79 Å². The molecule has 1 aliphatic rings. The molecule has 0 N–H and O–H groups in total. The van der Waals surface area contributed by atoms with E-state index >= 15 is 0 Å². The number of halogens is 2. The van der Waals surface area contributed by atoms with E-state index in [1.54, 1.807) is 48.5 Å². The van der Waals surface area contributed by atoms with Crippen molar-refractivity contribution in [3.63, 3.8) is 0 Å². The van der Waals surface area contributed by atoms with Gasteiger partial charge < -0.3 is 0 Å². The first-order valence-corrected chi connectivity index (χ1v) is 9.82. The Labute approximate surface area is 145 Å². The average Bonchev–Trinajstić information content (AvgIpc) is 3.29. The van der Waals surface area contributed by atoms with Crippen molar-refractivity contribution in [2.24, 2.45) is 5.92 Å². The topological polar surface area (TPSA) is 51.2 Å². The van der Waals surface area contributed by atoms with Crippen LogP contribution >= 0.6 is 31.9 Å². The van der Waals surface area contributed by atoms with E-state index in [0.29, 0.717) is 12.0 Å². The van der Waals surface area contributed by atoms with Gasteiger partial charge in [0.05, 0.1) is 10.1 Å². The first-order chi connectivity index (χ1) is 10.4. The number of hydrogen-bond donors (Lipinski definition) is 0. The molecule has 0 heterocycles. The zero-order chi connectivity index (χ0) is 15.9. The van der Waals surface area contributed by atoms with Gasteiger partial charge in [0.15, 0.2) is 15.6 Å². The van der Waals surface area contributed by atoms with Gasteiger partial charge in [0.25, 0.3) is 0 Å². The molecule has 0 aliphatic heterocycles. The van der Waals surface area contributed by atoms with Crippen LogP contribution in [-0.4, -0.2) is 19.5 Å². The third-order valence-corrected chi connectivity index (χ3v) is 7.04. The lowest BCUT2D eigenvalue weighted by Gasteiger charge is -2.04. The van der Waals surface area contributed by atoms with Gasteiger partial charge in [0, 0.05) is 20.4 Å². The zero-order valence-corrected chi connectivity index (χ0v) is 15.4. The van der Waals surface area contributed by atoms with E-state index in [1.807, 2.05) is 0 Å². The number of rotatable bonds is 4. The van der Waals surface area contributed by atoms with Crippen LogP contribution in [0.3, 0.4) is 0 Å². The highest BCUT2D eigenvalue weighted by atomic mass is 79.9. The Bertz CT molecular complexity index is 811. The monoisotopic (exact) mass is 442 g/mol. The largest absolute Gasteiger partial charge is 0.294 e. The molecule has 1 aliphatic carbocycles. The van der Waals surface area contributed by atoms with E-state index in [1.165, 1.54) is 0 Å². The van der Waals surface area contributed by atoms with Gasteiger partial charge in [-0.05, 0) is 42.8 Å². The number of benzene rings is 2. The van der Waals surface area contributed by atoms with Crippen LogP contribution in [0, 0.1) is 5.92 Å². The molecular formula is C16H12Br2O3S. The van der Waals surface area contributed by atoms with Crippen molar-refractivity contribution in [1.29, 1.82) is 0 Å². The van der Waals surface area contributed by atoms with E-state index in [-0.39, 0.29) is 10.7 Å². The van der Waals surface area contributed by atoms with Crippen LogP contribution in [-0.2, 0) is 9.84 Å². The predicted octanol–water partition coefficient (Wildman–Crippen LogP) is 4.26. The summed E-state index contributed by atoms with van der Waals surface area (Å²) in [4.78, 5) is 12.6. The SMILES string of the molecule is O=C(c1ccc(Br)cc1)[C@@H]1C[C@H]1S(=O)(=O)c1ccc(Br)cc1. The van der Waals surface area contributed by atoms with Gasteiger partial charge in [-0.25, -0.2) is 8.42 Å². The van der Waals surface area contributed by atoms with Crippen molar-refractivity contribution >= 4 is 47.5 Å². The molecule has 1 saturated carbocycles. The van der Waals surface area contributed by atoms with Crippen molar-refractivity contribution < 1.29 is 13.2 Å². The number of carbonyl (C=O) groups is 1. The number of ketones is 1. The highest BCUT2D eigenvalue weighted by Gasteiger charge is 2.52. The molecule has 0 aromatic heterocycles. The number of Topliss-reactive ketones (excluding diaryl/α,β-unsaturated/α-hetero) is 1. The summed E-state index contributed by atoms with van der Waals surface area (Å²) in [6.07, 6.45) is 0.396. The second kappa shape index (κ2) is 5.91. The van der Waals surface area contributed by atoms with Gasteiger partial charge >= 0.3 is 0 Å². The second-order valence-electron chi connectivity index (χ2n) is 5.25. The van der Waals surface area contributed by atoms with Crippen LogP contribution in [0.15, 0.2) is 62.4 Å². The van der Waals surface area contributed by atoms with E-state index in [4.69, 9.17) is 0 Å². The Hall–Kier alpha value is -0.980. The number of carbonyl (C=O) groups excluding carboxylic acids is 1. The van der Waals surface area contributed by atoms with Gasteiger partial charge in [-0.2, -0.15) is 0 Å². The summed E-state index contributed by atoms with van der Waals surface area (Å²) in [5, 5.41) is -0.607. The lowest BCUT2D eigenvalue weighted by Crippen LogP contribution is -2.14. The summed E-state index contributed by atoms with van der Waals surface area (Å²) in [6.45, 7) is 0. The summed E-state index contributed by atoms with van der Waals surface area (Å²) in [5.74, 6) is -0.534. The Morgan fingerprint density at radius 1 is 0.909 bits per heavy atom. The van der Waals surface area contributed by atoms with E-state index in [9.17, 15) is 13.2 Å². The molecule has 2 aromatic carbocycles. The molecule has 0 spiro atoms. The van der Waals surface area contributed by atoms with Crippen molar-refractivity contribution in [2.75, 3.05) is 0 Å². The molecule has 114 valence electrons. The van der Waals surface area contributed by atoms with E-state index < -0.39 is 21.0 Å². The quantitative estimate of drug-likeness (QED) is 0.663. The standard InChI is InChI=1S/C16H12Br2O3S/c17-11-3-1-10(2-4-11)16(19)14-9-15(14)22(20,21)13-7-5-12(18)6-8-13/h1-8,14-15H,9H2/t14-,15-/m1/s1. The first-order valence-electron chi connectivity index (χ1n) is 6.69. The van der Waals surface area contributed by atoms with Gasteiger partial charge in [0.1, 0.15) is 0 Å². The summed E-state index contributed by atoms with van der Waals surface area (Å²) >= 11 is 6.60. The minimum Gasteiger partial charge on any atom is -0.294 e. The van der Waals surface area contributed by atoms with Crippen LogP contribution in [0.1, 0.15) is 16.8 Å². The maximum absolute atomic E-state index is 12.5. The maximum Gasteiger partial charge on any atom is 0.181 e. The van der Waals surface area contributed by atoms with Crippen molar-refractivity contribution in [2.45, 2.75) is 16.6 Å². The minimum absolute atomic E-state index is 0.0989. The normalized spacial score (nSPS) is 20.6.